The van der Waals surface area contributed by atoms with Crippen LogP contribution in [0.5, 0.6) is 0 Å². The third kappa shape index (κ3) is 2.98. The summed E-state index contributed by atoms with van der Waals surface area (Å²) >= 11 is 3.66. The van der Waals surface area contributed by atoms with Crippen molar-refractivity contribution in [2.75, 3.05) is 25.0 Å². The highest BCUT2D eigenvalue weighted by Crippen LogP contribution is 2.58. The highest BCUT2D eigenvalue weighted by Gasteiger charge is 2.64. The number of hydroxylamine groups is 2. The Morgan fingerprint density at radius 3 is 2.52 bits per heavy atom. The van der Waals surface area contributed by atoms with Gasteiger partial charge >= 0.3 is 0 Å². The van der Waals surface area contributed by atoms with E-state index in [-0.39, 0.29) is 11.1 Å². The summed E-state index contributed by atoms with van der Waals surface area (Å²) in [6, 6.07) is 6.68. The normalized spacial score (nSPS) is 27.9. The number of hydrogen-bond acceptors (Lipinski definition) is 3. The van der Waals surface area contributed by atoms with Gasteiger partial charge in [0.15, 0.2) is 5.72 Å². The van der Waals surface area contributed by atoms with Crippen molar-refractivity contribution in [1.82, 2.24) is 5.06 Å². The molecular weight excluding hydrogens is 376 g/mol. The molecule has 0 aliphatic carbocycles. The van der Waals surface area contributed by atoms with Crippen LogP contribution in [0.1, 0.15) is 46.6 Å². The zero-order chi connectivity index (χ0) is 18.4. The number of halogens is 1. The van der Waals surface area contributed by atoms with Gasteiger partial charge in [-0.25, -0.2) is 0 Å². The van der Waals surface area contributed by atoms with Crippen molar-refractivity contribution in [1.29, 1.82) is 0 Å². The van der Waals surface area contributed by atoms with Gasteiger partial charge in [0.25, 0.3) is 0 Å². The molecule has 1 aromatic rings. The maximum Gasteiger partial charge on any atom is 0.170 e. The van der Waals surface area contributed by atoms with Gasteiger partial charge in [-0.05, 0) is 58.7 Å². The van der Waals surface area contributed by atoms with E-state index >= 15 is 0 Å². The quantitative estimate of drug-likeness (QED) is 0.622. The van der Waals surface area contributed by atoms with Crippen LogP contribution in [-0.2, 0) is 10.3 Å². The second kappa shape index (κ2) is 6.57. The Morgan fingerprint density at radius 2 is 1.88 bits per heavy atom. The first-order valence-corrected chi connectivity index (χ1v) is 9.73. The Kier molecular flexibility index (Phi) is 4.91. The fraction of sp³-hybridized carbons (Fsp3) is 0.524. The lowest BCUT2D eigenvalue weighted by atomic mass is 9.72. The van der Waals surface area contributed by atoms with E-state index in [1.165, 1.54) is 22.4 Å². The predicted octanol–water partition coefficient (Wildman–Crippen LogP) is 5.42. The summed E-state index contributed by atoms with van der Waals surface area (Å²) in [5, 5.41) is 2.01. The molecular formula is C21H29BrN2O. The lowest BCUT2D eigenvalue weighted by Gasteiger charge is -2.40. The molecule has 0 radical (unpaired) electrons. The summed E-state index contributed by atoms with van der Waals surface area (Å²) in [4.78, 5) is 8.89. The molecule has 4 heteroatoms. The summed E-state index contributed by atoms with van der Waals surface area (Å²) in [5.74, 6) is 0. The van der Waals surface area contributed by atoms with Crippen LogP contribution in [0.3, 0.4) is 0 Å². The third-order valence-electron chi connectivity index (χ3n) is 5.54. The Bertz CT molecular complexity index is 733. The number of likely N-dealkylation sites (N-methyl/N-ethyl adjacent to an activating group) is 1. The van der Waals surface area contributed by atoms with Crippen LogP contribution >= 0.6 is 15.9 Å². The average Bonchev–Trinajstić information content (AvgIpc) is 2.86. The maximum atomic E-state index is 6.46. The minimum atomic E-state index is -0.386. The summed E-state index contributed by atoms with van der Waals surface area (Å²) in [7, 11) is 2.05. The van der Waals surface area contributed by atoms with Crippen molar-refractivity contribution in [3.8, 4) is 0 Å². The molecule has 2 atom stereocenters. The fourth-order valence-corrected chi connectivity index (χ4v) is 4.59. The average molecular weight is 405 g/mol. The van der Waals surface area contributed by atoms with E-state index in [9.17, 15) is 0 Å². The molecule has 2 aliphatic rings. The summed E-state index contributed by atoms with van der Waals surface area (Å²) in [6.45, 7) is 12.6. The van der Waals surface area contributed by atoms with Crippen LogP contribution < -0.4 is 4.90 Å². The molecule has 0 N–H and O–H groups in total. The SMILES string of the molecule is CC(C)=CCN1c2cc(Br)ccc2C2(CC=C(C)C)CN(C)OC12C. The van der Waals surface area contributed by atoms with Gasteiger partial charge in [-0.3, -0.25) is 4.84 Å². The van der Waals surface area contributed by atoms with Crippen LogP contribution in [0.4, 0.5) is 5.69 Å². The maximum absolute atomic E-state index is 6.46. The molecule has 25 heavy (non-hydrogen) atoms. The van der Waals surface area contributed by atoms with E-state index in [1.807, 2.05) is 12.1 Å². The van der Waals surface area contributed by atoms with Crippen LogP contribution in [0.25, 0.3) is 0 Å². The zero-order valence-electron chi connectivity index (χ0n) is 16.2. The Labute approximate surface area is 160 Å². The van der Waals surface area contributed by atoms with Gasteiger partial charge in [0, 0.05) is 30.3 Å². The fourth-order valence-electron chi connectivity index (χ4n) is 4.24. The smallest absolute Gasteiger partial charge is 0.170 e. The summed E-state index contributed by atoms with van der Waals surface area (Å²) in [5.41, 5.74) is 4.90. The molecule has 136 valence electrons. The van der Waals surface area contributed by atoms with Crippen molar-refractivity contribution in [2.45, 2.75) is 52.2 Å². The van der Waals surface area contributed by atoms with Crippen molar-refractivity contribution in [3.63, 3.8) is 0 Å². The molecule has 0 aromatic heterocycles. The topological polar surface area (TPSA) is 15.7 Å². The molecule has 0 spiro atoms. The van der Waals surface area contributed by atoms with E-state index in [4.69, 9.17) is 4.84 Å². The van der Waals surface area contributed by atoms with Crippen molar-refractivity contribution >= 4 is 21.6 Å². The van der Waals surface area contributed by atoms with Crippen LogP contribution in [0, 0.1) is 0 Å². The molecule has 1 fully saturated rings. The molecule has 2 heterocycles. The first-order valence-electron chi connectivity index (χ1n) is 8.94. The number of fused-ring (bicyclic) bond motifs is 3. The second-order valence-electron chi connectivity index (χ2n) is 7.98. The van der Waals surface area contributed by atoms with Gasteiger partial charge in [0.1, 0.15) is 0 Å². The summed E-state index contributed by atoms with van der Waals surface area (Å²) in [6.07, 6.45) is 5.63. The first kappa shape index (κ1) is 18.7. The van der Waals surface area contributed by atoms with Gasteiger partial charge < -0.3 is 4.90 Å². The van der Waals surface area contributed by atoms with E-state index in [0.717, 1.165) is 24.0 Å². The van der Waals surface area contributed by atoms with Gasteiger partial charge in [0.05, 0.1) is 5.41 Å². The Balaban J connectivity index is 2.18. The lowest BCUT2D eigenvalue weighted by molar-refractivity contribution is -0.175. The van der Waals surface area contributed by atoms with E-state index < -0.39 is 0 Å². The Morgan fingerprint density at radius 1 is 1.20 bits per heavy atom. The largest absolute Gasteiger partial charge is 0.337 e. The molecule has 3 rings (SSSR count). The van der Waals surface area contributed by atoms with Gasteiger partial charge in [-0.15, -0.1) is 0 Å². The van der Waals surface area contributed by atoms with Gasteiger partial charge in [-0.1, -0.05) is 45.3 Å². The molecule has 1 aromatic carbocycles. The molecule has 3 nitrogen and oxygen atoms in total. The second-order valence-corrected chi connectivity index (χ2v) is 8.90. The van der Waals surface area contributed by atoms with Crippen molar-refractivity contribution < 1.29 is 4.84 Å². The predicted molar refractivity (Wildman–Crippen MR) is 109 cm³/mol. The van der Waals surface area contributed by atoms with Crippen LogP contribution in [-0.4, -0.2) is 30.9 Å². The minimum Gasteiger partial charge on any atom is -0.337 e. The molecule has 0 saturated carbocycles. The first-order chi connectivity index (χ1) is 11.7. The van der Waals surface area contributed by atoms with Gasteiger partial charge in [-0.2, -0.15) is 5.06 Å². The highest BCUT2D eigenvalue weighted by molar-refractivity contribution is 9.10. The van der Waals surface area contributed by atoms with Crippen molar-refractivity contribution in [3.05, 3.63) is 51.5 Å². The lowest BCUT2D eigenvalue weighted by Crippen LogP contribution is -2.54. The Hall–Kier alpha value is -1.10. The van der Waals surface area contributed by atoms with E-state index in [2.05, 4.69) is 85.8 Å². The van der Waals surface area contributed by atoms with Crippen LogP contribution in [0.2, 0.25) is 0 Å². The number of hydrogen-bond donors (Lipinski definition) is 0. The highest BCUT2D eigenvalue weighted by atomic mass is 79.9. The number of allylic oxidation sites excluding steroid dienone is 3. The van der Waals surface area contributed by atoms with Crippen molar-refractivity contribution in [2.24, 2.45) is 0 Å². The van der Waals surface area contributed by atoms with Crippen LogP contribution in [0.15, 0.2) is 46.0 Å². The molecule has 0 amide bonds. The van der Waals surface area contributed by atoms with Gasteiger partial charge in [0.2, 0.25) is 0 Å². The van der Waals surface area contributed by atoms with E-state index in [0.29, 0.717) is 0 Å². The van der Waals surface area contributed by atoms with E-state index in [1.54, 1.807) is 0 Å². The standard InChI is InChI=1S/C21H29BrN2O/c1-15(2)9-11-21-14-23(6)25-20(21,5)24(12-10-16(3)4)19-13-17(22)7-8-18(19)21/h7-10,13H,11-12,14H2,1-6H3. The monoisotopic (exact) mass is 404 g/mol. The third-order valence-corrected chi connectivity index (χ3v) is 6.03. The number of anilines is 1. The summed E-state index contributed by atoms with van der Waals surface area (Å²) < 4.78 is 1.11. The molecule has 2 aliphatic heterocycles. The number of nitrogens with zero attached hydrogens (tertiary/aromatic N) is 2. The number of rotatable bonds is 4. The molecule has 1 saturated heterocycles. The number of benzene rings is 1. The zero-order valence-corrected chi connectivity index (χ0v) is 17.8. The molecule has 2 unspecified atom stereocenters. The molecule has 0 bridgehead atoms. The minimum absolute atomic E-state index is 0.0649.